The largest absolute Gasteiger partial charge is 0.477 e. The average Bonchev–Trinajstić information content (AvgIpc) is 2.71. The average molecular weight is 454 g/mol. The Bertz CT molecular complexity index is 835. The first-order chi connectivity index (χ1) is 14.5. The van der Waals surface area contributed by atoms with Crippen LogP contribution in [0, 0.1) is 5.92 Å². The lowest BCUT2D eigenvalue weighted by Gasteiger charge is -2.42. The van der Waals surface area contributed by atoms with Gasteiger partial charge in [-0.2, -0.15) is 0 Å². The number of hydrogen-bond donors (Lipinski definition) is 0. The number of aromatic nitrogens is 1. The van der Waals surface area contributed by atoms with Gasteiger partial charge in [0, 0.05) is 50.7 Å². The molecule has 0 unspecified atom stereocenters. The van der Waals surface area contributed by atoms with Crippen LogP contribution in [0.5, 0.6) is 5.88 Å². The Balaban J connectivity index is 1.38. The van der Waals surface area contributed by atoms with Gasteiger partial charge in [0.25, 0.3) is 0 Å². The van der Waals surface area contributed by atoms with Crippen molar-refractivity contribution in [1.82, 2.24) is 14.8 Å². The van der Waals surface area contributed by atoms with Crippen LogP contribution in [0.3, 0.4) is 0 Å². The molecular weight excluding hydrogens is 418 g/mol. The predicted molar refractivity (Wildman–Crippen MR) is 118 cm³/mol. The zero-order chi connectivity index (χ0) is 22.6. The molecule has 174 valence electrons. The Morgan fingerprint density at radius 2 is 1.74 bits per heavy atom. The summed E-state index contributed by atoms with van der Waals surface area (Å²) in [7, 11) is -3.24. The molecule has 1 aromatic heterocycles. The molecule has 2 aliphatic rings. The molecule has 1 aliphatic heterocycles. The van der Waals surface area contributed by atoms with E-state index in [1.54, 1.807) is 6.07 Å². The normalized spacial score (nSPS) is 23.4. The van der Waals surface area contributed by atoms with Gasteiger partial charge in [0.2, 0.25) is 5.88 Å². The second-order valence-corrected chi connectivity index (χ2v) is 11.6. The lowest BCUT2D eigenvalue weighted by molar-refractivity contribution is 0.00650. The van der Waals surface area contributed by atoms with Gasteiger partial charge in [-0.15, -0.1) is 0 Å². The molecule has 3 rings (SSSR count). The Hall–Kier alpha value is -1.87. The van der Waals surface area contributed by atoms with Crippen LogP contribution >= 0.6 is 0 Å². The van der Waals surface area contributed by atoms with E-state index >= 15 is 0 Å². The molecule has 0 aromatic carbocycles. The van der Waals surface area contributed by atoms with Gasteiger partial charge in [-0.3, -0.25) is 4.90 Å². The lowest BCUT2D eigenvalue weighted by atomic mass is 9.85. The van der Waals surface area contributed by atoms with E-state index in [1.807, 2.05) is 25.7 Å². The van der Waals surface area contributed by atoms with Crippen LogP contribution < -0.4 is 4.74 Å². The molecule has 1 saturated heterocycles. The highest BCUT2D eigenvalue weighted by Crippen LogP contribution is 2.29. The summed E-state index contributed by atoms with van der Waals surface area (Å²) in [5, 5.41) is 0. The fraction of sp³-hybridized carbons (Fsp3) is 0.727. The highest BCUT2D eigenvalue weighted by atomic mass is 32.2. The summed E-state index contributed by atoms with van der Waals surface area (Å²) in [5.74, 6) is 0.948. The second-order valence-electron chi connectivity index (χ2n) is 9.59. The van der Waals surface area contributed by atoms with Crippen molar-refractivity contribution in [3.05, 3.63) is 18.3 Å². The fourth-order valence-electron chi connectivity index (χ4n) is 4.15. The number of hydrogen-bond acceptors (Lipinski definition) is 7. The summed E-state index contributed by atoms with van der Waals surface area (Å²) >= 11 is 0. The maximum Gasteiger partial charge on any atom is 0.410 e. The minimum Gasteiger partial charge on any atom is -0.477 e. The minimum absolute atomic E-state index is 0.201. The van der Waals surface area contributed by atoms with E-state index in [0.717, 1.165) is 38.8 Å². The van der Waals surface area contributed by atoms with E-state index in [1.165, 1.54) is 18.5 Å². The predicted octanol–water partition coefficient (Wildman–Crippen LogP) is 2.98. The van der Waals surface area contributed by atoms with Crippen molar-refractivity contribution < 1.29 is 22.7 Å². The third-order valence-electron chi connectivity index (χ3n) is 5.90. The molecule has 0 atom stereocenters. The highest BCUT2D eigenvalue weighted by Gasteiger charge is 2.31. The zero-order valence-electron chi connectivity index (χ0n) is 19.0. The number of piperazine rings is 1. The molecule has 1 amide bonds. The molecular formula is C22H35N3O5S. The molecule has 31 heavy (non-hydrogen) atoms. The number of carbonyl (C=O) groups is 1. The summed E-state index contributed by atoms with van der Waals surface area (Å²) in [6.07, 6.45) is 6.74. The minimum atomic E-state index is -3.24. The van der Waals surface area contributed by atoms with E-state index in [9.17, 15) is 13.2 Å². The third kappa shape index (κ3) is 7.07. The summed E-state index contributed by atoms with van der Waals surface area (Å²) in [6.45, 7) is 9.49. The molecule has 0 N–H and O–H groups in total. The maximum atomic E-state index is 12.2. The van der Waals surface area contributed by atoms with Gasteiger partial charge in [-0.1, -0.05) is 0 Å². The number of amides is 1. The number of sulfone groups is 1. The van der Waals surface area contributed by atoms with Crippen LogP contribution in [0.1, 0.15) is 46.5 Å². The third-order valence-corrected chi connectivity index (χ3v) is 7.00. The zero-order valence-corrected chi connectivity index (χ0v) is 19.9. The fourth-order valence-corrected chi connectivity index (χ4v) is 4.71. The highest BCUT2D eigenvalue weighted by molar-refractivity contribution is 7.90. The van der Waals surface area contributed by atoms with Gasteiger partial charge in [0.1, 0.15) is 5.60 Å². The molecule has 0 bridgehead atoms. The van der Waals surface area contributed by atoms with Gasteiger partial charge < -0.3 is 14.4 Å². The van der Waals surface area contributed by atoms with Crippen molar-refractivity contribution in [1.29, 1.82) is 0 Å². The van der Waals surface area contributed by atoms with E-state index in [4.69, 9.17) is 9.47 Å². The summed E-state index contributed by atoms with van der Waals surface area (Å²) in [4.78, 5) is 20.9. The molecule has 1 saturated carbocycles. The number of carbonyl (C=O) groups excluding carboxylic acids is 1. The summed E-state index contributed by atoms with van der Waals surface area (Å²) < 4.78 is 34.3. The molecule has 8 nitrogen and oxygen atoms in total. The number of nitrogens with zero attached hydrogens (tertiary/aromatic N) is 3. The molecule has 9 heteroatoms. The van der Waals surface area contributed by atoms with E-state index in [2.05, 4.69) is 9.88 Å². The van der Waals surface area contributed by atoms with Crippen LogP contribution in [0.4, 0.5) is 4.79 Å². The first-order valence-electron chi connectivity index (χ1n) is 11.0. The maximum absolute atomic E-state index is 12.2. The van der Waals surface area contributed by atoms with Gasteiger partial charge >= 0.3 is 6.09 Å². The van der Waals surface area contributed by atoms with Gasteiger partial charge in [0.05, 0.1) is 11.5 Å². The van der Waals surface area contributed by atoms with E-state index < -0.39 is 15.4 Å². The van der Waals surface area contributed by atoms with Crippen LogP contribution in [-0.2, 0) is 14.6 Å². The molecule has 2 heterocycles. The molecule has 1 aromatic rings. The molecule has 0 spiro atoms. The van der Waals surface area contributed by atoms with E-state index in [0.29, 0.717) is 37.5 Å². The molecule has 1 aliphatic carbocycles. The quantitative estimate of drug-likeness (QED) is 0.677. The summed E-state index contributed by atoms with van der Waals surface area (Å²) in [6, 6.07) is 3.71. The van der Waals surface area contributed by atoms with Crippen LogP contribution in [0.25, 0.3) is 0 Å². The Labute approximate surface area is 185 Å². The number of ether oxygens (including phenoxy) is 2. The Morgan fingerprint density at radius 1 is 1.10 bits per heavy atom. The first-order valence-corrected chi connectivity index (χ1v) is 12.9. The molecule has 0 radical (unpaired) electrons. The van der Waals surface area contributed by atoms with Crippen LogP contribution in [0.2, 0.25) is 0 Å². The van der Waals surface area contributed by atoms with Gasteiger partial charge in [0.15, 0.2) is 9.84 Å². The Kier molecular flexibility index (Phi) is 7.47. The summed E-state index contributed by atoms with van der Waals surface area (Å²) in [5.41, 5.74) is -0.458. The van der Waals surface area contributed by atoms with Crippen molar-refractivity contribution in [2.75, 3.05) is 39.0 Å². The van der Waals surface area contributed by atoms with E-state index in [-0.39, 0.29) is 11.0 Å². The number of rotatable bonds is 5. The smallest absolute Gasteiger partial charge is 0.410 e. The van der Waals surface area contributed by atoms with Crippen LogP contribution in [-0.4, -0.2) is 80.0 Å². The topological polar surface area (TPSA) is 89.0 Å². The van der Waals surface area contributed by atoms with Crippen molar-refractivity contribution in [2.24, 2.45) is 5.92 Å². The van der Waals surface area contributed by atoms with Gasteiger partial charge in [-0.05, 0) is 58.4 Å². The number of pyridine rings is 1. The van der Waals surface area contributed by atoms with Crippen molar-refractivity contribution in [3.63, 3.8) is 0 Å². The first kappa shape index (κ1) is 23.8. The molecule has 2 fully saturated rings. The van der Waals surface area contributed by atoms with Crippen LogP contribution in [0.15, 0.2) is 23.2 Å². The second kappa shape index (κ2) is 9.73. The standard InChI is InChI=1S/C22H35N3O5S/c1-22(2,3)30-21(26)25-13-11-24(12-14-25)18-7-5-17(6-8-18)16-29-20-10-9-19(15-23-20)31(4,27)28/h9-10,15,17-18H,5-8,11-14,16H2,1-4H3. The van der Waals surface area contributed by atoms with Crippen molar-refractivity contribution in [2.45, 2.75) is 63.0 Å². The lowest BCUT2D eigenvalue weighted by Crippen LogP contribution is -2.53. The SMILES string of the molecule is CC(C)(C)OC(=O)N1CCN(C2CCC(COc3ccc(S(C)(=O)=O)cn3)CC2)CC1. The van der Waals surface area contributed by atoms with Crippen molar-refractivity contribution in [3.8, 4) is 5.88 Å². The Morgan fingerprint density at radius 3 is 2.26 bits per heavy atom. The monoisotopic (exact) mass is 453 g/mol. The van der Waals surface area contributed by atoms with Crippen molar-refractivity contribution >= 4 is 15.9 Å². The van der Waals surface area contributed by atoms with Gasteiger partial charge in [-0.25, -0.2) is 18.2 Å².